The Balaban J connectivity index is 1.52. The number of nitrogens with zero attached hydrogens (tertiary/aromatic N) is 4. The Hall–Kier alpha value is -2.70. The van der Waals surface area contributed by atoms with Crippen LogP contribution in [0.4, 0.5) is 16.0 Å². The third-order valence-corrected chi connectivity index (χ3v) is 3.92. The average Bonchev–Trinajstić information content (AvgIpc) is 3.17. The number of rotatable bonds is 3. The van der Waals surface area contributed by atoms with Gasteiger partial charge in [0.05, 0.1) is 5.39 Å². The lowest BCUT2D eigenvalue weighted by Crippen LogP contribution is -2.27. The van der Waals surface area contributed by atoms with Gasteiger partial charge in [-0.1, -0.05) is 0 Å². The van der Waals surface area contributed by atoms with Crippen molar-refractivity contribution < 1.29 is 4.39 Å². The molecule has 4 rings (SSSR count). The van der Waals surface area contributed by atoms with Crippen LogP contribution >= 0.6 is 0 Å². The lowest BCUT2D eigenvalue weighted by Gasteiger charge is -2.18. The van der Waals surface area contributed by atoms with Crippen LogP contribution in [0.25, 0.3) is 11.0 Å². The van der Waals surface area contributed by atoms with Gasteiger partial charge >= 0.3 is 0 Å². The van der Waals surface area contributed by atoms with Gasteiger partial charge in [0.15, 0.2) is 11.6 Å². The highest BCUT2D eigenvalue weighted by Crippen LogP contribution is 2.24. The van der Waals surface area contributed by atoms with Crippen LogP contribution in [-0.4, -0.2) is 39.1 Å². The van der Waals surface area contributed by atoms with Gasteiger partial charge in [-0.05, 0) is 24.6 Å². The zero-order valence-corrected chi connectivity index (χ0v) is 11.8. The molecule has 6 nitrogen and oxygen atoms in total. The molecule has 3 aromatic rings. The van der Waals surface area contributed by atoms with Crippen molar-refractivity contribution in [3.05, 3.63) is 42.7 Å². The van der Waals surface area contributed by atoms with Gasteiger partial charge in [0.25, 0.3) is 0 Å². The van der Waals surface area contributed by atoms with Crippen molar-refractivity contribution in [2.75, 3.05) is 23.3 Å². The summed E-state index contributed by atoms with van der Waals surface area (Å²) in [7, 11) is 0. The molecule has 1 saturated heterocycles. The number of fused-ring (bicyclic) bond motifs is 1. The maximum atomic E-state index is 13.8. The zero-order valence-electron chi connectivity index (χ0n) is 11.8. The van der Waals surface area contributed by atoms with Gasteiger partial charge < -0.3 is 15.2 Å². The second-order valence-electron chi connectivity index (χ2n) is 5.35. The number of nitrogens with one attached hydrogen (secondary N) is 2. The van der Waals surface area contributed by atoms with E-state index in [0.29, 0.717) is 12.4 Å². The first-order valence-electron chi connectivity index (χ1n) is 7.21. The minimum atomic E-state index is -0.279. The second-order valence-corrected chi connectivity index (χ2v) is 5.35. The molecule has 1 atom stereocenters. The molecule has 1 aliphatic heterocycles. The Morgan fingerprint density at radius 1 is 1.27 bits per heavy atom. The largest absolute Gasteiger partial charge is 0.365 e. The molecule has 1 unspecified atom stereocenters. The van der Waals surface area contributed by atoms with E-state index in [2.05, 4.69) is 25.3 Å². The van der Waals surface area contributed by atoms with Crippen molar-refractivity contribution >= 4 is 22.7 Å². The highest BCUT2D eigenvalue weighted by molar-refractivity contribution is 5.86. The van der Waals surface area contributed by atoms with Gasteiger partial charge in [0.2, 0.25) is 0 Å². The molecule has 1 aliphatic rings. The fourth-order valence-corrected chi connectivity index (χ4v) is 2.86. The molecule has 2 N–H and O–H groups in total. The zero-order chi connectivity index (χ0) is 14.9. The number of pyridine rings is 1. The third-order valence-electron chi connectivity index (χ3n) is 3.92. The van der Waals surface area contributed by atoms with Crippen molar-refractivity contribution in [2.24, 2.45) is 0 Å². The van der Waals surface area contributed by atoms with E-state index in [1.165, 1.54) is 12.4 Å². The molecule has 22 heavy (non-hydrogen) atoms. The first-order valence-corrected chi connectivity index (χ1v) is 7.21. The van der Waals surface area contributed by atoms with Crippen molar-refractivity contribution in [2.45, 2.75) is 12.5 Å². The number of aromatic nitrogens is 4. The number of H-pyrrole nitrogens is 1. The van der Waals surface area contributed by atoms with Gasteiger partial charge in [-0.3, -0.25) is 0 Å². The summed E-state index contributed by atoms with van der Waals surface area (Å²) < 4.78 is 13.8. The molecule has 7 heteroatoms. The highest BCUT2D eigenvalue weighted by Gasteiger charge is 2.25. The topological polar surface area (TPSA) is 69.7 Å². The van der Waals surface area contributed by atoms with Crippen molar-refractivity contribution in [3.63, 3.8) is 0 Å². The SMILES string of the molecule is Fc1cccnc1N1CCC(Nc2ncnc3[nH]ccc23)C1. The van der Waals surface area contributed by atoms with Crippen molar-refractivity contribution in [1.82, 2.24) is 19.9 Å². The minimum Gasteiger partial charge on any atom is -0.365 e. The molecule has 0 amide bonds. The van der Waals surface area contributed by atoms with E-state index < -0.39 is 0 Å². The number of halogens is 1. The maximum absolute atomic E-state index is 13.8. The lowest BCUT2D eigenvalue weighted by molar-refractivity contribution is 0.615. The molecular weight excluding hydrogens is 283 g/mol. The number of hydrogen-bond donors (Lipinski definition) is 2. The van der Waals surface area contributed by atoms with E-state index >= 15 is 0 Å². The molecule has 3 aromatic heterocycles. The summed E-state index contributed by atoms with van der Waals surface area (Å²) in [6, 6.07) is 5.20. The highest BCUT2D eigenvalue weighted by atomic mass is 19.1. The number of anilines is 2. The first-order chi connectivity index (χ1) is 10.8. The molecule has 0 bridgehead atoms. The quantitative estimate of drug-likeness (QED) is 0.775. The standard InChI is InChI=1S/C15H15FN6/c16-12-2-1-5-18-15(12)22-7-4-10(8-22)21-14-11-3-6-17-13(11)19-9-20-14/h1-3,5-6,9-10H,4,7-8H2,(H2,17,19,20,21). The van der Waals surface area contributed by atoms with Crippen LogP contribution in [0, 0.1) is 5.82 Å². The van der Waals surface area contributed by atoms with Gasteiger partial charge in [0.1, 0.15) is 17.8 Å². The van der Waals surface area contributed by atoms with Crippen LogP contribution in [0.15, 0.2) is 36.9 Å². The molecule has 0 radical (unpaired) electrons. The molecule has 0 saturated carbocycles. The van der Waals surface area contributed by atoms with Crippen LogP contribution in [-0.2, 0) is 0 Å². The Bertz CT molecular complexity index is 801. The monoisotopic (exact) mass is 298 g/mol. The maximum Gasteiger partial charge on any atom is 0.165 e. The molecular formula is C15H15FN6. The van der Waals surface area contributed by atoms with E-state index in [-0.39, 0.29) is 11.9 Å². The number of hydrogen-bond acceptors (Lipinski definition) is 5. The molecule has 4 heterocycles. The van der Waals surface area contributed by atoms with Crippen LogP contribution < -0.4 is 10.2 Å². The van der Waals surface area contributed by atoms with Crippen LogP contribution in [0.5, 0.6) is 0 Å². The predicted molar refractivity (Wildman–Crippen MR) is 82.3 cm³/mol. The Morgan fingerprint density at radius 3 is 3.14 bits per heavy atom. The van der Waals surface area contributed by atoms with Gasteiger partial charge in [0, 0.05) is 31.5 Å². The summed E-state index contributed by atoms with van der Waals surface area (Å²) in [5, 5.41) is 4.39. The molecule has 0 aromatic carbocycles. The van der Waals surface area contributed by atoms with E-state index in [4.69, 9.17) is 0 Å². The van der Waals surface area contributed by atoms with E-state index in [1.54, 1.807) is 12.3 Å². The minimum absolute atomic E-state index is 0.203. The molecule has 0 aliphatic carbocycles. The predicted octanol–water partition coefficient (Wildman–Crippen LogP) is 2.18. The Labute approximate surface area is 126 Å². The van der Waals surface area contributed by atoms with Crippen molar-refractivity contribution in [3.8, 4) is 0 Å². The smallest absolute Gasteiger partial charge is 0.165 e. The van der Waals surface area contributed by atoms with Gasteiger partial charge in [-0.15, -0.1) is 0 Å². The van der Waals surface area contributed by atoms with Crippen LogP contribution in [0.1, 0.15) is 6.42 Å². The summed E-state index contributed by atoms with van der Waals surface area (Å²) in [6.07, 6.45) is 5.90. The molecule has 1 fully saturated rings. The summed E-state index contributed by atoms with van der Waals surface area (Å²) in [5.74, 6) is 0.944. The van der Waals surface area contributed by atoms with Gasteiger partial charge in [-0.2, -0.15) is 0 Å². The first kappa shape index (κ1) is 13.0. The summed E-state index contributed by atoms with van der Waals surface area (Å²) in [5.41, 5.74) is 0.808. The average molecular weight is 298 g/mol. The number of aromatic amines is 1. The summed E-state index contributed by atoms with van der Waals surface area (Å²) >= 11 is 0. The lowest BCUT2D eigenvalue weighted by atomic mass is 10.2. The van der Waals surface area contributed by atoms with Crippen LogP contribution in [0.2, 0.25) is 0 Å². The Morgan fingerprint density at radius 2 is 2.23 bits per heavy atom. The Kier molecular flexibility index (Phi) is 3.10. The van der Waals surface area contributed by atoms with E-state index in [1.807, 2.05) is 17.2 Å². The summed E-state index contributed by atoms with van der Waals surface area (Å²) in [4.78, 5) is 17.6. The van der Waals surface area contributed by atoms with E-state index in [0.717, 1.165) is 29.8 Å². The van der Waals surface area contributed by atoms with Crippen molar-refractivity contribution in [1.29, 1.82) is 0 Å². The fourth-order valence-electron chi connectivity index (χ4n) is 2.86. The molecule has 112 valence electrons. The fraction of sp³-hybridized carbons (Fsp3) is 0.267. The van der Waals surface area contributed by atoms with Gasteiger partial charge in [-0.25, -0.2) is 19.3 Å². The normalized spacial score (nSPS) is 18.0. The van der Waals surface area contributed by atoms with Crippen LogP contribution in [0.3, 0.4) is 0 Å². The molecule has 0 spiro atoms. The third kappa shape index (κ3) is 2.24. The summed E-state index contributed by atoms with van der Waals surface area (Å²) in [6.45, 7) is 1.47. The van der Waals surface area contributed by atoms with E-state index in [9.17, 15) is 4.39 Å². The second kappa shape index (κ2) is 5.25.